The summed E-state index contributed by atoms with van der Waals surface area (Å²) in [5, 5.41) is 0. The van der Waals surface area contributed by atoms with E-state index in [0.717, 1.165) is 5.52 Å². The highest BCUT2D eigenvalue weighted by atomic mass is 32.1. The van der Waals surface area contributed by atoms with Gasteiger partial charge in [0, 0.05) is 0 Å². The number of aromatic nitrogens is 1. The zero-order chi connectivity index (χ0) is 8.55. The molecular weight excluding hydrogens is 166 g/mol. The zero-order valence-electron chi connectivity index (χ0n) is 7.24. The third kappa shape index (κ3) is 1.23. The first-order chi connectivity index (χ1) is 5.77. The Morgan fingerprint density at radius 1 is 1.33 bits per heavy atom. The van der Waals surface area contributed by atoms with Gasteiger partial charge in [0.2, 0.25) is 0 Å². The van der Waals surface area contributed by atoms with Crippen LogP contribution in [-0.2, 0) is 0 Å². The van der Waals surface area contributed by atoms with Crippen LogP contribution in [0.1, 0.15) is 25.3 Å². The van der Waals surface area contributed by atoms with Crippen molar-refractivity contribution in [2.24, 2.45) is 0 Å². The van der Waals surface area contributed by atoms with Crippen LogP contribution in [0.2, 0.25) is 0 Å². The molecule has 0 amide bonds. The molecule has 2 rings (SSSR count). The van der Waals surface area contributed by atoms with Crippen LogP contribution in [0.15, 0.2) is 23.7 Å². The van der Waals surface area contributed by atoms with Crippen molar-refractivity contribution in [3.63, 3.8) is 0 Å². The summed E-state index contributed by atoms with van der Waals surface area (Å²) >= 11 is 1.71. The van der Waals surface area contributed by atoms with E-state index in [1.54, 1.807) is 11.3 Å². The smallest absolute Gasteiger partial charge is 0.0812 e. The van der Waals surface area contributed by atoms with Crippen molar-refractivity contribution in [3.05, 3.63) is 29.3 Å². The minimum absolute atomic E-state index is 0.608. The van der Waals surface area contributed by atoms with Crippen LogP contribution < -0.4 is 0 Å². The normalized spacial score (nSPS) is 11.2. The molecule has 1 aromatic heterocycles. The van der Waals surface area contributed by atoms with Crippen molar-refractivity contribution in [1.82, 2.24) is 4.98 Å². The van der Waals surface area contributed by atoms with Gasteiger partial charge in [0.1, 0.15) is 0 Å². The summed E-state index contributed by atoms with van der Waals surface area (Å²) in [6.07, 6.45) is 0. The molecule has 1 nitrogen and oxygen atoms in total. The zero-order valence-corrected chi connectivity index (χ0v) is 8.06. The first-order valence-corrected chi connectivity index (χ1v) is 4.98. The van der Waals surface area contributed by atoms with Gasteiger partial charge in [-0.15, -0.1) is 11.3 Å². The fraction of sp³-hybridized carbons (Fsp3) is 0.300. The number of hydrogen-bond donors (Lipinski definition) is 0. The van der Waals surface area contributed by atoms with Crippen LogP contribution in [0, 0.1) is 0 Å². The van der Waals surface area contributed by atoms with Gasteiger partial charge in [-0.3, -0.25) is 0 Å². The molecule has 0 bridgehead atoms. The van der Waals surface area contributed by atoms with Gasteiger partial charge in [-0.1, -0.05) is 19.9 Å². The Kier molecular flexibility index (Phi) is 1.85. The summed E-state index contributed by atoms with van der Waals surface area (Å²) in [4.78, 5) is 4.24. The summed E-state index contributed by atoms with van der Waals surface area (Å²) in [7, 11) is 0. The molecule has 0 aliphatic heterocycles. The quantitative estimate of drug-likeness (QED) is 0.650. The molecule has 62 valence electrons. The highest BCUT2D eigenvalue weighted by Gasteiger charge is 2.01. The molecule has 0 saturated carbocycles. The highest BCUT2D eigenvalue weighted by Crippen LogP contribution is 2.23. The number of rotatable bonds is 1. The average Bonchev–Trinajstić information content (AvgIpc) is 2.49. The molecule has 0 fully saturated rings. The van der Waals surface area contributed by atoms with Crippen molar-refractivity contribution in [2.45, 2.75) is 19.8 Å². The van der Waals surface area contributed by atoms with E-state index in [1.165, 1.54) is 10.3 Å². The van der Waals surface area contributed by atoms with Crippen LogP contribution in [0.4, 0.5) is 0 Å². The fourth-order valence-corrected chi connectivity index (χ4v) is 1.96. The van der Waals surface area contributed by atoms with E-state index in [4.69, 9.17) is 0 Å². The van der Waals surface area contributed by atoms with Gasteiger partial charge in [0.25, 0.3) is 0 Å². The molecule has 0 N–H and O–H groups in total. The maximum Gasteiger partial charge on any atom is 0.0812 e. The summed E-state index contributed by atoms with van der Waals surface area (Å²) in [5.74, 6) is 0.608. The molecule has 2 heteroatoms. The molecule has 1 heterocycles. The maximum atomic E-state index is 4.24. The fourth-order valence-electron chi connectivity index (χ4n) is 1.23. The third-order valence-corrected chi connectivity index (χ3v) is 2.81. The number of benzene rings is 1. The second-order valence-electron chi connectivity index (χ2n) is 3.23. The standard InChI is InChI=1S/C10H11NS/c1-7(2)8-3-4-9-10(5-8)12-6-11-9/h3-7H,1-2H3. The van der Waals surface area contributed by atoms with Gasteiger partial charge in [-0.2, -0.15) is 0 Å². The Hall–Kier alpha value is -0.890. The molecule has 1 aromatic carbocycles. The van der Waals surface area contributed by atoms with Gasteiger partial charge in [0.15, 0.2) is 0 Å². The molecule has 0 aliphatic carbocycles. The maximum absolute atomic E-state index is 4.24. The van der Waals surface area contributed by atoms with Crippen molar-refractivity contribution >= 4 is 21.6 Å². The lowest BCUT2D eigenvalue weighted by molar-refractivity contribution is 0.869. The highest BCUT2D eigenvalue weighted by molar-refractivity contribution is 7.16. The van der Waals surface area contributed by atoms with E-state index in [0.29, 0.717) is 5.92 Å². The predicted octanol–water partition coefficient (Wildman–Crippen LogP) is 3.42. The SMILES string of the molecule is CC(C)c1ccc2ncsc2c1. The van der Waals surface area contributed by atoms with E-state index in [1.807, 2.05) is 5.51 Å². The van der Waals surface area contributed by atoms with Gasteiger partial charge in [0.05, 0.1) is 15.7 Å². The van der Waals surface area contributed by atoms with Crippen LogP contribution in [-0.4, -0.2) is 4.98 Å². The molecule has 0 aliphatic rings. The molecule has 0 unspecified atom stereocenters. The minimum Gasteiger partial charge on any atom is -0.245 e. The summed E-state index contributed by atoms with van der Waals surface area (Å²) in [6.45, 7) is 4.42. The Labute approximate surface area is 76.1 Å². The number of nitrogens with zero attached hydrogens (tertiary/aromatic N) is 1. The summed E-state index contributed by atoms with van der Waals surface area (Å²) in [6, 6.07) is 6.49. The minimum atomic E-state index is 0.608. The van der Waals surface area contributed by atoms with E-state index in [9.17, 15) is 0 Å². The van der Waals surface area contributed by atoms with Crippen molar-refractivity contribution in [3.8, 4) is 0 Å². The molecule has 0 atom stereocenters. The van der Waals surface area contributed by atoms with Gasteiger partial charge >= 0.3 is 0 Å². The third-order valence-electron chi connectivity index (χ3n) is 2.02. The van der Waals surface area contributed by atoms with Crippen molar-refractivity contribution < 1.29 is 0 Å². The lowest BCUT2D eigenvalue weighted by Gasteiger charge is -2.03. The van der Waals surface area contributed by atoms with E-state index >= 15 is 0 Å². The van der Waals surface area contributed by atoms with Crippen molar-refractivity contribution in [1.29, 1.82) is 0 Å². The molecule has 2 aromatic rings. The average molecular weight is 177 g/mol. The molecule has 0 saturated heterocycles. The number of fused-ring (bicyclic) bond motifs is 1. The number of hydrogen-bond acceptors (Lipinski definition) is 2. The lowest BCUT2D eigenvalue weighted by Crippen LogP contribution is -1.84. The Morgan fingerprint density at radius 3 is 2.92 bits per heavy atom. The molecular formula is C10H11NS. The van der Waals surface area contributed by atoms with Crippen LogP contribution in [0.3, 0.4) is 0 Å². The second-order valence-corrected chi connectivity index (χ2v) is 4.12. The van der Waals surface area contributed by atoms with E-state index in [2.05, 4.69) is 37.0 Å². The van der Waals surface area contributed by atoms with E-state index < -0.39 is 0 Å². The topological polar surface area (TPSA) is 12.9 Å². The predicted molar refractivity (Wildman–Crippen MR) is 53.7 cm³/mol. The summed E-state index contributed by atoms with van der Waals surface area (Å²) < 4.78 is 1.29. The van der Waals surface area contributed by atoms with Gasteiger partial charge in [-0.05, 0) is 23.6 Å². The number of thiazole rings is 1. The van der Waals surface area contributed by atoms with Crippen LogP contribution in [0.5, 0.6) is 0 Å². The monoisotopic (exact) mass is 177 g/mol. The van der Waals surface area contributed by atoms with Gasteiger partial charge in [-0.25, -0.2) is 4.98 Å². The first kappa shape index (κ1) is 7.74. The van der Waals surface area contributed by atoms with Crippen LogP contribution in [0.25, 0.3) is 10.2 Å². The Bertz CT molecular complexity index is 389. The van der Waals surface area contributed by atoms with Crippen LogP contribution >= 0.6 is 11.3 Å². The molecule has 0 spiro atoms. The van der Waals surface area contributed by atoms with Crippen molar-refractivity contribution in [2.75, 3.05) is 0 Å². The second kappa shape index (κ2) is 2.87. The van der Waals surface area contributed by atoms with E-state index in [-0.39, 0.29) is 0 Å². The lowest BCUT2D eigenvalue weighted by atomic mass is 10.0. The summed E-state index contributed by atoms with van der Waals surface area (Å²) in [5.41, 5.74) is 4.41. The van der Waals surface area contributed by atoms with Gasteiger partial charge < -0.3 is 0 Å². The molecule has 0 radical (unpaired) electrons. The molecule has 12 heavy (non-hydrogen) atoms. The largest absolute Gasteiger partial charge is 0.245 e. The Morgan fingerprint density at radius 2 is 2.17 bits per heavy atom. The first-order valence-electron chi connectivity index (χ1n) is 4.10. The Balaban J connectivity index is 2.60.